The van der Waals surface area contributed by atoms with Crippen LogP contribution in [0.5, 0.6) is 0 Å². The van der Waals surface area contributed by atoms with E-state index in [9.17, 15) is 4.79 Å². The summed E-state index contributed by atoms with van der Waals surface area (Å²) in [7, 11) is 4.28. The number of nitrogens with zero attached hydrogens (tertiary/aromatic N) is 4. The quantitative estimate of drug-likeness (QED) is 0.745. The fourth-order valence-electron chi connectivity index (χ4n) is 6.16. The summed E-state index contributed by atoms with van der Waals surface area (Å²) in [4.78, 5) is 21.1. The lowest BCUT2D eigenvalue weighted by Gasteiger charge is -2.41. The number of hydrogen-bond acceptors (Lipinski definition) is 5. The zero-order valence-corrected chi connectivity index (χ0v) is 18.1. The van der Waals surface area contributed by atoms with Crippen LogP contribution < -0.4 is 5.43 Å². The molecule has 5 atom stereocenters. The Balaban J connectivity index is 1.29. The van der Waals surface area contributed by atoms with Crippen molar-refractivity contribution in [1.82, 2.24) is 20.1 Å². The van der Waals surface area contributed by atoms with Gasteiger partial charge in [0, 0.05) is 61.4 Å². The predicted molar refractivity (Wildman–Crippen MR) is 115 cm³/mol. The van der Waals surface area contributed by atoms with Crippen molar-refractivity contribution in [3.8, 4) is 0 Å². The van der Waals surface area contributed by atoms with E-state index in [1.54, 1.807) is 0 Å². The summed E-state index contributed by atoms with van der Waals surface area (Å²) in [5.41, 5.74) is 4.73. The summed E-state index contributed by atoms with van der Waals surface area (Å²) >= 11 is 0. The van der Waals surface area contributed by atoms with Crippen LogP contribution >= 0.6 is 0 Å². The summed E-state index contributed by atoms with van der Waals surface area (Å²) < 4.78 is 0. The SMILES string of the molecule is CN(C)CCN1CCC2C1=CCCC2C(=O)N(C1CC1)C1CCC2NN=CC2C1. The van der Waals surface area contributed by atoms with E-state index in [0.29, 0.717) is 35.9 Å². The molecule has 1 N–H and O–H groups in total. The number of likely N-dealkylation sites (N-methyl/N-ethyl adjacent to an activating group) is 1. The molecule has 6 heteroatoms. The van der Waals surface area contributed by atoms with Crippen molar-refractivity contribution in [3.05, 3.63) is 11.8 Å². The van der Waals surface area contributed by atoms with Crippen LogP contribution in [0.2, 0.25) is 0 Å². The maximum absolute atomic E-state index is 13.9. The number of allylic oxidation sites excluding steroid dienone is 2. The number of carbonyl (C=O) groups is 1. The maximum Gasteiger partial charge on any atom is 0.226 e. The molecule has 1 amide bonds. The Kier molecular flexibility index (Phi) is 5.31. The molecule has 1 saturated heterocycles. The molecule has 0 radical (unpaired) electrons. The number of amides is 1. The van der Waals surface area contributed by atoms with Crippen molar-refractivity contribution in [1.29, 1.82) is 0 Å². The highest BCUT2D eigenvalue weighted by Gasteiger charge is 2.47. The topological polar surface area (TPSA) is 51.2 Å². The molecule has 0 aromatic carbocycles. The van der Waals surface area contributed by atoms with Gasteiger partial charge in [0.2, 0.25) is 5.91 Å². The Morgan fingerprint density at radius 2 is 2.00 bits per heavy atom. The average molecular weight is 400 g/mol. The van der Waals surface area contributed by atoms with Gasteiger partial charge in [-0.05, 0) is 65.5 Å². The second-order valence-corrected chi connectivity index (χ2v) is 10.1. The van der Waals surface area contributed by atoms with E-state index in [0.717, 1.165) is 58.2 Å². The molecule has 5 unspecified atom stereocenters. The second kappa shape index (κ2) is 7.93. The Labute approximate surface area is 175 Å². The number of fused-ring (bicyclic) bond motifs is 2. The minimum atomic E-state index is 0.202. The van der Waals surface area contributed by atoms with Gasteiger partial charge in [-0.15, -0.1) is 0 Å². The van der Waals surface area contributed by atoms with E-state index in [1.165, 1.54) is 18.5 Å². The number of rotatable bonds is 6. The van der Waals surface area contributed by atoms with Crippen molar-refractivity contribution < 1.29 is 4.79 Å². The van der Waals surface area contributed by atoms with Crippen LogP contribution in [0.3, 0.4) is 0 Å². The fourth-order valence-corrected chi connectivity index (χ4v) is 6.16. The van der Waals surface area contributed by atoms with Crippen molar-refractivity contribution in [2.24, 2.45) is 22.9 Å². The van der Waals surface area contributed by atoms with Crippen molar-refractivity contribution in [2.75, 3.05) is 33.7 Å². The molecule has 0 spiro atoms. The lowest BCUT2D eigenvalue weighted by molar-refractivity contribution is -0.141. The van der Waals surface area contributed by atoms with Gasteiger partial charge in [-0.2, -0.15) is 5.10 Å². The molecule has 5 aliphatic rings. The first kappa shape index (κ1) is 19.4. The highest BCUT2D eigenvalue weighted by atomic mass is 16.2. The number of likely N-dealkylation sites (tertiary alicyclic amines) is 1. The average Bonchev–Trinajstić information content (AvgIpc) is 3.27. The largest absolute Gasteiger partial charge is 0.374 e. The zero-order valence-electron chi connectivity index (χ0n) is 18.1. The minimum Gasteiger partial charge on any atom is -0.374 e. The highest BCUT2D eigenvalue weighted by Crippen LogP contribution is 2.44. The summed E-state index contributed by atoms with van der Waals surface area (Å²) in [6.45, 7) is 3.28. The molecule has 3 fully saturated rings. The van der Waals surface area contributed by atoms with Gasteiger partial charge < -0.3 is 20.1 Å². The summed E-state index contributed by atoms with van der Waals surface area (Å²) in [6.07, 6.45) is 13.6. The van der Waals surface area contributed by atoms with Crippen LogP contribution in [-0.4, -0.2) is 78.7 Å². The third kappa shape index (κ3) is 3.80. The Morgan fingerprint density at radius 3 is 2.79 bits per heavy atom. The molecule has 2 aliphatic heterocycles. The van der Waals surface area contributed by atoms with Gasteiger partial charge in [0.25, 0.3) is 0 Å². The zero-order chi connectivity index (χ0) is 20.0. The Morgan fingerprint density at radius 1 is 1.17 bits per heavy atom. The molecule has 2 saturated carbocycles. The molecular weight excluding hydrogens is 362 g/mol. The molecule has 29 heavy (non-hydrogen) atoms. The van der Waals surface area contributed by atoms with Crippen LogP contribution in [0.25, 0.3) is 0 Å². The van der Waals surface area contributed by atoms with Crippen LogP contribution in [-0.2, 0) is 4.79 Å². The maximum atomic E-state index is 13.9. The summed E-state index contributed by atoms with van der Waals surface area (Å²) in [6, 6.07) is 1.44. The van der Waals surface area contributed by atoms with Crippen LogP contribution in [0.15, 0.2) is 16.9 Å². The van der Waals surface area contributed by atoms with Crippen LogP contribution in [0.1, 0.15) is 51.4 Å². The number of carbonyl (C=O) groups excluding carboxylic acids is 1. The van der Waals surface area contributed by atoms with E-state index in [1.807, 2.05) is 0 Å². The van der Waals surface area contributed by atoms with E-state index in [4.69, 9.17) is 0 Å². The van der Waals surface area contributed by atoms with Crippen LogP contribution in [0, 0.1) is 17.8 Å². The molecule has 160 valence electrons. The first-order valence-electron chi connectivity index (χ1n) is 11.8. The molecule has 0 aromatic rings. The predicted octanol–water partition coefficient (Wildman–Crippen LogP) is 2.28. The first-order chi connectivity index (χ1) is 14.1. The number of hydrazone groups is 1. The summed E-state index contributed by atoms with van der Waals surface area (Å²) in [5, 5.41) is 4.30. The Hall–Kier alpha value is -1.56. The molecule has 2 heterocycles. The highest BCUT2D eigenvalue weighted by molar-refractivity contribution is 5.81. The molecule has 6 nitrogen and oxygen atoms in total. The van der Waals surface area contributed by atoms with Gasteiger partial charge in [0.1, 0.15) is 0 Å². The summed E-state index contributed by atoms with van der Waals surface area (Å²) in [5.74, 6) is 1.64. The normalized spacial score (nSPS) is 35.9. The monoisotopic (exact) mass is 399 g/mol. The van der Waals surface area contributed by atoms with Gasteiger partial charge in [-0.3, -0.25) is 4.79 Å². The van der Waals surface area contributed by atoms with Gasteiger partial charge in [0.15, 0.2) is 0 Å². The first-order valence-corrected chi connectivity index (χ1v) is 11.8. The van der Waals surface area contributed by atoms with Crippen molar-refractivity contribution in [3.63, 3.8) is 0 Å². The molecule has 5 rings (SSSR count). The van der Waals surface area contributed by atoms with Gasteiger partial charge in [-0.25, -0.2) is 0 Å². The number of hydrogen-bond donors (Lipinski definition) is 1. The smallest absolute Gasteiger partial charge is 0.226 e. The van der Waals surface area contributed by atoms with Crippen molar-refractivity contribution in [2.45, 2.75) is 69.5 Å². The van der Waals surface area contributed by atoms with E-state index in [-0.39, 0.29) is 5.92 Å². The Bertz CT molecular complexity index is 685. The fraction of sp³-hybridized carbons (Fsp3) is 0.826. The standard InChI is InChI=1S/C23H37N5O/c1-26(2)12-13-27-11-10-19-20(4-3-5-22(19)27)23(29)28(17-6-7-17)18-8-9-21-16(14-18)15-24-25-21/h5,15-21,25H,3-4,6-14H2,1-2H3. The lowest BCUT2D eigenvalue weighted by Crippen LogP contribution is -2.51. The molecular formula is C23H37N5O. The van der Waals surface area contributed by atoms with Gasteiger partial charge >= 0.3 is 0 Å². The van der Waals surface area contributed by atoms with Gasteiger partial charge in [-0.1, -0.05) is 6.08 Å². The van der Waals surface area contributed by atoms with Crippen molar-refractivity contribution >= 4 is 12.1 Å². The van der Waals surface area contributed by atoms with E-state index in [2.05, 4.69) is 51.6 Å². The molecule has 0 aromatic heterocycles. The number of nitrogens with one attached hydrogen (secondary N) is 1. The van der Waals surface area contributed by atoms with Gasteiger partial charge in [0.05, 0.1) is 6.04 Å². The lowest BCUT2D eigenvalue weighted by atomic mass is 9.78. The molecule has 0 bridgehead atoms. The third-order valence-corrected chi connectivity index (χ3v) is 7.87. The van der Waals surface area contributed by atoms with E-state index >= 15 is 0 Å². The minimum absolute atomic E-state index is 0.202. The van der Waals surface area contributed by atoms with E-state index < -0.39 is 0 Å². The van der Waals surface area contributed by atoms with Crippen LogP contribution in [0.4, 0.5) is 0 Å². The molecule has 3 aliphatic carbocycles. The second-order valence-electron chi connectivity index (χ2n) is 10.1. The third-order valence-electron chi connectivity index (χ3n) is 7.87.